The second-order valence-corrected chi connectivity index (χ2v) is 2.76. The summed E-state index contributed by atoms with van der Waals surface area (Å²) in [7, 11) is 3.46. The molecule has 2 rings (SSSR count). The molecule has 15 heavy (non-hydrogen) atoms. The van der Waals surface area contributed by atoms with Gasteiger partial charge in [0, 0.05) is 13.2 Å². The number of aromatic nitrogens is 3. The molecule has 0 saturated carbocycles. The Morgan fingerprint density at radius 2 is 2.00 bits per heavy atom. The van der Waals surface area contributed by atoms with Crippen LogP contribution in [0.5, 0.6) is 5.88 Å². The highest BCUT2D eigenvalue weighted by Crippen LogP contribution is 2.22. The number of ether oxygens (including phenoxy) is 1. The van der Waals surface area contributed by atoms with Crippen LogP contribution in [-0.4, -0.2) is 21.6 Å². The minimum absolute atomic E-state index is 0.228. The lowest BCUT2D eigenvalue weighted by Gasteiger charge is -2.01. The second-order valence-electron chi connectivity index (χ2n) is 2.76. The van der Waals surface area contributed by atoms with Crippen molar-refractivity contribution in [3.8, 4) is 5.88 Å². The van der Waals surface area contributed by atoms with Crippen molar-refractivity contribution in [1.82, 2.24) is 14.5 Å². The van der Waals surface area contributed by atoms with Crippen molar-refractivity contribution in [3.05, 3.63) is 12.3 Å². The van der Waals surface area contributed by atoms with Gasteiger partial charge in [-0.05, 0) is 6.07 Å². The summed E-state index contributed by atoms with van der Waals surface area (Å²) in [6.45, 7) is 4.00. The zero-order valence-corrected chi connectivity index (χ0v) is 9.48. The lowest BCUT2D eigenvalue weighted by molar-refractivity contribution is 0.403. The van der Waals surface area contributed by atoms with Gasteiger partial charge in [0.15, 0.2) is 0 Å². The van der Waals surface area contributed by atoms with Gasteiger partial charge in [-0.2, -0.15) is 9.97 Å². The van der Waals surface area contributed by atoms with Gasteiger partial charge in [0.1, 0.15) is 5.65 Å². The van der Waals surface area contributed by atoms with Crippen molar-refractivity contribution in [1.29, 1.82) is 0 Å². The quantitative estimate of drug-likeness (QED) is 0.772. The molecule has 2 aromatic rings. The van der Waals surface area contributed by atoms with Crippen molar-refractivity contribution >= 4 is 17.0 Å². The second kappa shape index (κ2) is 4.63. The van der Waals surface area contributed by atoms with Crippen LogP contribution in [0, 0.1) is 0 Å². The molecule has 0 radical (unpaired) electrons. The summed E-state index contributed by atoms with van der Waals surface area (Å²) in [5.74, 6) is 0.745. The van der Waals surface area contributed by atoms with E-state index in [1.165, 1.54) is 0 Å². The number of fused-ring (bicyclic) bond motifs is 1. The van der Waals surface area contributed by atoms with E-state index in [0.29, 0.717) is 5.88 Å². The van der Waals surface area contributed by atoms with Crippen LogP contribution in [0.2, 0.25) is 0 Å². The van der Waals surface area contributed by atoms with Crippen LogP contribution in [0.1, 0.15) is 13.8 Å². The topological polar surface area (TPSA) is 66.0 Å². The molecule has 2 aromatic heterocycles. The van der Waals surface area contributed by atoms with Crippen LogP contribution >= 0.6 is 0 Å². The molecule has 0 aliphatic carbocycles. The molecule has 0 unspecified atom stereocenters. The highest BCUT2D eigenvalue weighted by atomic mass is 16.5. The predicted molar refractivity (Wildman–Crippen MR) is 60.8 cm³/mol. The Morgan fingerprint density at radius 1 is 1.33 bits per heavy atom. The van der Waals surface area contributed by atoms with E-state index in [0.717, 1.165) is 11.0 Å². The van der Waals surface area contributed by atoms with Crippen molar-refractivity contribution in [2.75, 3.05) is 12.8 Å². The number of anilines is 1. The highest BCUT2D eigenvalue weighted by Gasteiger charge is 2.08. The van der Waals surface area contributed by atoms with Gasteiger partial charge in [0.05, 0.1) is 12.5 Å². The van der Waals surface area contributed by atoms with Gasteiger partial charge in [0.2, 0.25) is 11.8 Å². The lowest BCUT2D eigenvalue weighted by Crippen LogP contribution is -1.99. The van der Waals surface area contributed by atoms with E-state index in [-0.39, 0.29) is 5.95 Å². The normalized spacial score (nSPS) is 9.60. The van der Waals surface area contributed by atoms with E-state index in [1.807, 2.05) is 37.7 Å². The summed E-state index contributed by atoms with van der Waals surface area (Å²) >= 11 is 0. The first-order chi connectivity index (χ1) is 7.22. The molecule has 5 nitrogen and oxygen atoms in total. The summed E-state index contributed by atoms with van der Waals surface area (Å²) in [5.41, 5.74) is 6.29. The molecule has 0 spiro atoms. The zero-order valence-electron chi connectivity index (χ0n) is 9.48. The molecule has 0 aliphatic heterocycles. The minimum atomic E-state index is 0.228. The van der Waals surface area contributed by atoms with Crippen LogP contribution in [-0.2, 0) is 7.05 Å². The molecule has 0 fully saturated rings. The van der Waals surface area contributed by atoms with Gasteiger partial charge < -0.3 is 15.0 Å². The molecule has 2 heterocycles. The van der Waals surface area contributed by atoms with Crippen molar-refractivity contribution in [3.63, 3.8) is 0 Å². The van der Waals surface area contributed by atoms with Crippen LogP contribution in [0.15, 0.2) is 12.3 Å². The molecule has 0 aliphatic rings. The number of nitrogens with two attached hydrogens (primary N) is 1. The van der Waals surface area contributed by atoms with Gasteiger partial charge in [-0.1, -0.05) is 13.8 Å². The first-order valence-electron chi connectivity index (χ1n) is 4.85. The molecule has 0 bridgehead atoms. The maximum Gasteiger partial charge on any atom is 0.227 e. The maximum atomic E-state index is 5.51. The Balaban J connectivity index is 0.000000531. The van der Waals surface area contributed by atoms with Crippen molar-refractivity contribution < 1.29 is 4.74 Å². The van der Waals surface area contributed by atoms with Crippen LogP contribution in [0.25, 0.3) is 11.0 Å². The Labute approximate surface area is 88.9 Å². The van der Waals surface area contributed by atoms with E-state index in [9.17, 15) is 0 Å². The third kappa shape index (κ3) is 2.01. The zero-order chi connectivity index (χ0) is 11.4. The average molecular weight is 208 g/mol. The summed E-state index contributed by atoms with van der Waals surface area (Å²) < 4.78 is 6.95. The van der Waals surface area contributed by atoms with Crippen molar-refractivity contribution in [2.24, 2.45) is 7.05 Å². The fourth-order valence-electron chi connectivity index (χ4n) is 1.28. The van der Waals surface area contributed by atoms with Gasteiger partial charge in [-0.3, -0.25) is 0 Å². The summed E-state index contributed by atoms with van der Waals surface area (Å²) in [6.07, 6.45) is 1.89. The first-order valence-corrected chi connectivity index (χ1v) is 4.85. The third-order valence-corrected chi connectivity index (χ3v) is 1.90. The van der Waals surface area contributed by atoms with E-state index < -0.39 is 0 Å². The summed E-state index contributed by atoms with van der Waals surface area (Å²) in [4.78, 5) is 8.06. The molecular weight excluding hydrogens is 192 g/mol. The Morgan fingerprint density at radius 3 is 2.60 bits per heavy atom. The number of hydrogen-bond acceptors (Lipinski definition) is 4. The largest absolute Gasteiger partial charge is 0.480 e. The predicted octanol–water partition coefficient (Wildman–Crippen LogP) is 1.59. The Bertz CT molecular complexity index is 450. The number of nitrogen functional groups attached to an aromatic ring is 1. The SMILES string of the molecule is CC.COc1nc(N)nc2c1ccn2C. The molecule has 0 atom stereocenters. The van der Waals surface area contributed by atoms with Crippen LogP contribution < -0.4 is 10.5 Å². The molecule has 2 N–H and O–H groups in total. The van der Waals surface area contributed by atoms with E-state index in [2.05, 4.69) is 9.97 Å². The van der Waals surface area contributed by atoms with E-state index in [4.69, 9.17) is 10.5 Å². The van der Waals surface area contributed by atoms with Crippen LogP contribution in [0.4, 0.5) is 5.95 Å². The number of methoxy groups -OCH3 is 1. The maximum absolute atomic E-state index is 5.51. The molecule has 0 amide bonds. The standard InChI is InChI=1S/C8H10N4O.C2H6/c1-12-4-3-5-6(12)10-8(9)11-7(5)13-2;1-2/h3-4H,1-2H3,(H2,9,10,11);1-2H3. The fourth-order valence-corrected chi connectivity index (χ4v) is 1.28. The molecule has 5 heteroatoms. The van der Waals surface area contributed by atoms with E-state index in [1.54, 1.807) is 7.11 Å². The summed E-state index contributed by atoms with van der Waals surface area (Å²) in [5, 5.41) is 0.874. The van der Waals surface area contributed by atoms with E-state index >= 15 is 0 Å². The van der Waals surface area contributed by atoms with Gasteiger partial charge in [-0.15, -0.1) is 0 Å². The van der Waals surface area contributed by atoms with Gasteiger partial charge in [0.25, 0.3) is 0 Å². The Hall–Kier alpha value is -1.78. The smallest absolute Gasteiger partial charge is 0.227 e. The third-order valence-electron chi connectivity index (χ3n) is 1.90. The van der Waals surface area contributed by atoms with Gasteiger partial charge in [-0.25, -0.2) is 0 Å². The number of rotatable bonds is 1. The Kier molecular flexibility index (Phi) is 3.49. The highest BCUT2D eigenvalue weighted by molar-refractivity contribution is 5.82. The average Bonchev–Trinajstić information content (AvgIpc) is 2.62. The first kappa shape index (κ1) is 11.3. The number of aryl methyl sites for hydroxylation is 1. The lowest BCUT2D eigenvalue weighted by atomic mass is 10.4. The van der Waals surface area contributed by atoms with Crippen molar-refractivity contribution in [2.45, 2.75) is 13.8 Å². The number of nitrogens with zero attached hydrogens (tertiary/aromatic N) is 3. The minimum Gasteiger partial charge on any atom is -0.480 e. The summed E-state index contributed by atoms with van der Waals surface area (Å²) in [6, 6.07) is 1.90. The molecule has 82 valence electrons. The fraction of sp³-hybridized carbons (Fsp3) is 0.400. The van der Waals surface area contributed by atoms with Gasteiger partial charge >= 0.3 is 0 Å². The monoisotopic (exact) mass is 208 g/mol. The molecular formula is C10H16N4O. The molecule has 0 saturated heterocycles. The molecule has 0 aromatic carbocycles. The van der Waals surface area contributed by atoms with Crippen LogP contribution in [0.3, 0.4) is 0 Å². The number of hydrogen-bond donors (Lipinski definition) is 1.